The molecule has 0 aliphatic carbocycles. The van der Waals surface area contributed by atoms with Gasteiger partial charge in [0.15, 0.2) is 0 Å². The van der Waals surface area contributed by atoms with Crippen LogP contribution < -0.4 is 5.73 Å². The van der Waals surface area contributed by atoms with Crippen molar-refractivity contribution in [1.29, 1.82) is 0 Å². The highest BCUT2D eigenvalue weighted by Crippen LogP contribution is 2.14. The molecule has 0 radical (unpaired) electrons. The summed E-state index contributed by atoms with van der Waals surface area (Å²) in [7, 11) is 0. The standard InChI is InChI=1S/C11H17N3O3/c12-10-5-13-14(6-10)7-11(15)17-8-9-1-3-16-4-2-9/h5-6,9H,1-4,7-8,12H2. The van der Waals surface area contributed by atoms with Crippen LogP contribution in [0.4, 0.5) is 5.69 Å². The van der Waals surface area contributed by atoms with E-state index >= 15 is 0 Å². The van der Waals surface area contributed by atoms with Crippen molar-refractivity contribution in [2.75, 3.05) is 25.6 Å². The van der Waals surface area contributed by atoms with Crippen molar-refractivity contribution in [3.05, 3.63) is 12.4 Å². The molecular weight excluding hydrogens is 222 g/mol. The van der Waals surface area contributed by atoms with Gasteiger partial charge in [0.1, 0.15) is 6.54 Å². The summed E-state index contributed by atoms with van der Waals surface area (Å²) in [5.74, 6) is 0.148. The van der Waals surface area contributed by atoms with Crippen LogP contribution in [0.5, 0.6) is 0 Å². The van der Waals surface area contributed by atoms with Crippen LogP contribution in [-0.2, 0) is 20.8 Å². The number of esters is 1. The molecule has 0 spiro atoms. The Morgan fingerprint density at radius 2 is 2.35 bits per heavy atom. The summed E-state index contributed by atoms with van der Waals surface area (Å²) < 4.78 is 11.9. The van der Waals surface area contributed by atoms with Gasteiger partial charge in [-0.3, -0.25) is 9.48 Å². The van der Waals surface area contributed by atoms with Gasteiger partial charge in [0.05, 0.1) is 18.5 Å². The highest BCUT2D eigenvalue weighted by molar-refractivity contribution is 5.69. The Hall–Kier alpha value is -1.56. The monoisotopic (exact) mass is 239 g/mol. The summed E-state index contributed by atoms with van der Waals surface area (Å²) >= 11 is 0. The first-order valence-electron chi connectivity index (χ1n) is 5.75. The molecule has 0 atom stereocenters. The molecule has 94 valence electrons. The number of hydrogen-bond acceptors (Lipinski definition) is 5. The number of rotatable bonds is 4. The Labute approximate surface area is 99.7 Å². The van der Waals surface area contributed by atoms with E-state index in [1.807, 2.05) is 0 Å². The van der Waals surface area contributed by atoms with Crippen molar-refractivity contribution in [2.24, 2.45) is 5.92 Å². The Balaban J connectivity index is 1.70. The maximum atomic E-state index is 11.5. The van der Waals surface area contributed by atoms with E-state index in [4.69, 9.17) is 15.2 Å². The third-order valence-electron chi connectivity index (χ3n) is 2.77. The maximum absolute atomic E-state index is 11.5. The van der Waals surface area contributed by atoms with Gasteiger partial charge in [-0.2, -0.15) is 5.10 Å². The van der Waals surface area contributed by atoms with E-state index in [9.17, 15) is 4.79 Å². The summed E-state index contributed by atoms with van der Waals surface area (Å²) in [6.07, 6.45) is 5.03. The fourth-order valence-corrected chi connectivity index (χ4v) is 1.77. The van der Waals surface area contributed by atoms with Crippen LogP contribution in [0.25, 0.3) is 0 Å². The summed E-state index contributed by atoms with van der Waals surface area (Å²) in [5, 5.41) is 3.92. The lowest BCUT2D eigenvalue weighted by Crippen LogP contribution is -2.23. The molecule has 2 heterocycles. The van der Waals surface area contributed by atoms with E-state index in [2.05, 4.69) is 5.10 Å². The van der Waals surface area contributed by atoms with Gasteiger partial charge in [-0.25, -0.2) is 0 Å². The topological polar surface area (TPSA) is 79.4 Å². The zero-order valence-electron chi connectivity index (χ0n) is 9.67. The average molecular weight is 239 g/mol. The minimum atomic E-state index is -0.278. The predicted octanol–water partition coefficient (Wildman–Crippen LogP) is 0.435. The van der Waals surface area contributed by atoms with Crippen LogP contribution in [0.2, 0.25) is 0 Å². The summed E-state index contributed by atoms with van der Waals surface area (Å²) in [4.78, 5) is 11.5. The number of nitrogens with two attached hydrogens (primary N) is 1. The Morgan fingerprint density at radius 3 is 3.00 bits per heavy atom. The molecule has 0 bridgehead atoms. The average Bonchev–Trinajstić information content (AvgIpc) is 2.73. The molecule has 0 amide bonds. The summed E-state index contributed by atoms with van der Waals surface area (Å²) in [6.45, 7) is 2.11. The van der Waals surface area contributed by atoms with Gasteiger partial charge in [0.2, 0.25) is 0 Å². The lowest BCUT2D eigenvalue weighted by molar-refractivity contribution is -0.146. The molecule has 1 aromatic heterocycles. The van der Waals surface area contributed by atoms with Crippen LogP contribution in [0.3, 0.4) is 0 Å². The second-order valence-corrected chi connectivity index (χ2v) is 4.21. The molecule has 2 N–H and O–H groups in total. The first-order valence-corrected chi connectivity index (χ1v) is 5.75. The molecule has 17 heavy (non-hydrogen) atoms. The van der Waals surface area contributed by atoms with Gasteiger partial charge < -0.3 is 15.2 Å². The van der Waals surface area contributed by atoms with Gasteiger partial charge >= 0.3 is 5.97 Å². The lowest BCUT2D eigenvalue weighted by Gasteiger charge is -2.21. The molecule has 6 nitrogen and oxygen atoms in total. The van der Waals surface area contributed by atoms with Crippen LogP contribution >= 0.6 is 0 Å². The summed E-state index contributed by atoms with van der Waals surface area (Å²) in [6, 6.07) is 0. The largest absolute Gasteiger partial charge is 0.464 e. The fraction of sp³-hybridized carbons (Fsp3) is 0.636. The number of carbonyl (C=O) groups excluding carboxylic acids is 1. The maximum Gasteiger partial charge on any atom is 0.327 e. The third-order valence-corrected chi connectivity index (χ3v) is 2.77. The molecule has 1 aliphatic rings. The van der Waals surface area contributed by atoms with Crippen molar-refractivity contribution in [2.45, 2.75) is 19.4 Å². The van der Waals surface area contributed by atoms with Crippen LogP contribution in [0, 0.1) is 5.92 Å². The van der Waals surface area contributed by atoms with Gasteiger partial charge in [-0.15, -0.1) is 0 Å². The summed E-state index contributed by atoms with van der Waals surface area (Å²) in [5.41, 5.74) is 6.04. The predicted molar refractivity (Wildman–Crippen MR) is 61.1 cm³/mol. The SMILES string of the molecule is Nc1cnn(CC(=O)OCC2CCOCC2)c1. The van der Waals surface area contributed by atoms with Crippen molar-refractivity contribution < 1.29 is 14.3 Å². The molecule has 1 aliphatic heterocycles. The Morgan fingerprint density at radius 1 is 1.59 bits per heavy atom. The zero-order chi connectivity index (χ0) is 12.1. The van der Waals surface area contributed by atoms with Crippen molar-refractivity contribution in [3.63, 3.8) is 0 Å². The zero-order valence-corrected chi connectivity index (χ0v) is 9.67. The van der Waals surface area contributed by atoms with E-state index in [1.54, 1.807) is 6.20 Å². The van der Waals surface area contributed by atoms with E-state index in [-0.39, 0.29) is 12.5 Å². The molecule has 6 heteroatoms. The molecule has 1 fully saturated rings. The number of nitrogen functional groups attached to an aromatic ring is 1. The number of ether oxygens (including phenoxy) is 2. The van der Waals surface area contributed by atoms with Gasteiger partial charge in [0.25, 0.3) is 0 Å². The van der Waals surface area contributed by atoms with Crippen molar-refractivity contribution >= 4 is 11.7 Å². The number of carbonyl (C=O) groups is 1. The third kappa shape index (κ3) is 3.74. The first kappa shape index (κ1) is 11.9. The highest BCUT2D eigenvalue weighted by atomic mass is 16.5. The van der Waals surface area contributed by atoms with Crippen molar-refractivity contribution in [3.8, 4) is 0 Å². The highest BCUT2D eigenvalue weighted by Gasteiger charge is 2.16. The van der Waals surface area contributed by atoms with Gasteiger partial charge in [-0.05, 0) is 18.8 Å². The molecule has 0 aromatic carbocycles. The van der Waals surface area contributed by atoms with E-state index < -0.39 is 0 Å². The minimum absolute atomic E-state index is 0.112. The molecule has 0 unspecified atom stereocenters. The molecule has 2 rings (SSSR count). The first-order chi connectivity index (χ1) is 8.24. The number of hydrogen-bond donors (Lipinski definition) is 1. The number of nitrogens with zero attached hydrogens (tertiary/aromatic N) is 2. The lowest BCUT2D eigenvalue weighted by atomic mass is 10.0. The second-order valence-electron chi connectivity index (χ2n) is 4.21. The van der Waals surface area contributed by atoms with E-state index in [1.165, 1.54) is 10.9 Å². The Bertz CT molecular complexity index is 372. The van der Waals surface area contributed by atoms with Crippen LogP contribution in [0.15, 0.2) is 12.4 Å². The van der Waals surface area contributed by atoms with Gasteiger partial charge in [-0.1, -0.05) is 0 Å². The van der Waals surface area contributed by atoms with Crippen LogP contribution in [0.1, 0.15) is 12.8 Å². The normalized spacial score (nSPS) is 16.9. The second kappa shape index (κ2) is 5.67. The number of anilines is 1. The van der Waals surface area contributed by atoms with Crippen LogP contribution in [-0.4, -0.2) is 35.6 Å². The molecule has 0 saturated carbocycles. The van der Waals surface area contributed by atoms with E-state index in [0.717, 1.165) is 26.1 Å². The van der Waals surface area contributed by atoms with Crippen molar-refractivity contribution in [1.82, 2.24) is 9.78 Å². The minimum Gasteiger partial charge on any atom is -0.464 e. The quantitative estimate of drug-likeness (QED) is 0.771. The Kier molecular flexibility index (Phi) is 3.98. The fourth-order valence-electron chi connectivity index (χ4n) is 1.77. The van der Waals surface area contributed by atoms with E-state index in [0.29, 0.717) is 18.2 Å². The molecule has 1 aromatic rings. The molecule has 1 saturated heterocycles. The van der Waals surface area contributed by atoms with Gasteiger partial charge in [0, 0.05) is 19.4 Å². The molecular formula is C11H17N3O3. The number of aromatic nitrogens is 2. The smallest absolute Gasteiger partial charge is 0.327 e.